The molecular weight excluding hydrogens is 498 g/mol. The summed E-state index contributed by atoms with van der Waals surface area (Å²) in [5.74, 6) is 2.45. The highest BCUT2D eigenvalue weighted by atomic mass is 16.3. The molecule has 2 aromatic heterocycles. The maximum Gasteiger partial charge on any atom is 0.134 e. The first-order chi connectivity index (χ1) is 19.3. The first-order valence-corrected chi connectivity index (χ1v) is 14.6. The minimum atomic E-state index is -0.877. The van der Waals surface area contributed by atoms with Crippen LogP contribution >= 0.6 is 0 Å². The minimum Gasteiger partial charge on any atom is -0.388 e. The molecule has 2 fully saturated rings. The topological polar surface area (TPSA) is 93.2 Å². The molecule has 2 aliphatic heterocycles. The number of anilines is 2. The van der Waals surface area contributed by atoms with Gasteiger partial charge in [-0.3, -0.25) is 4.90 Å². The third kappa shape index (κ3) is 6.45. The van der Waals surface area contributed by atoms with Gasteiger partial charge in [-0.05, 0) is 67.4 Å². The number of rotatable bonds is 8. The van der Waals surface area contributed by atoms with Gasteiger partial charge in [0.15, 0.2) is 0 Å². The molecule has 8 heteroatoms. The molecule has 40 heavy (non-hydrogen) atoms. The van der Waals surface area contributed by atoms with Crippen LogP contribution in [0.2, 0.25) is 0 Å². The van der Waals surface area contributed by atoms with E-state index >= 15 is 0 Å². The van der Waals surface area contributed by atoms with E-state index in [0.717, 1.165) is 67.5 Å². The Balaban J connectivity index is 1.09. The van der Waals surface area contributed by atoms with Crippen molar-refractivity contribution in [2.24, 2.45) is 5.41 Å². The molecule has 0 saturated carbocycles. The highest BCUT2D eigenvalue weighted by Gasteiger charge is 2.35. The van der Waals surface area contributed by atoms with Crippen LogP contribution in [0, 0.1) is 5.41 Å². The standard InChI is InChI=1S/C32H41N7O/c1-31(2)12-15-38(16-13-31)21-25-9-10-26-27(17-25)37-29(36-26)19-32(40)11-6-14-39(22-32)30-18-28(34-23-35-30)33-20-24-7-4-3-5-8-24/h3-5,7-10,17-18,23,40H,6,11-16,19-22H2,1-2H3,(H,36,37)(H,33,34,35)/t32-/m1/s1. The first kappa shape index (κ1) is 26.7. The van der Waals surface area contributed by atoms with Crippen LogP contribution in [0.25, 0.3) is 11.0 Å². The maximum atomic E-state index is 11.6. The smallest absolute Gasteiger partial charge is 0.134 e. The molecule has 2 saturated heterocycles. The van der Waals surface area contributed by atoms with Crippen LogP contribution in [0.15, 0.2) is 60.9 Å². The van der Waals surface area contributed by atoms with Crippen LogP contribution in [0.4, 0.5) is 11.6 Å². The van der Waals surface area contributed by atoms with Crippen molar-refractivity contribution in [3.05, 3.63) is 77.9 Å². The maximum absolute atomic E-state index is 11.6. The molecule has 4 heterocycles. The number of benzene rings is 2. The van der Waals surface area contributed by atoms with E-state index in [4.69, 9.17) is 4.98 Å². The largest absolute Gasteiger partial charge is 0.388 e. The number of nitrogens with one attached hydrogen (secondary N) is 2. The zero-order chi connectivity index (χ0) is 27.6. The van der Waals surface area contributed by atoms with E-state index in [1.807, 2.05) is 24.3 Å². The van der Waals surface area contributed by atoms with Crippen LogP contribution in [0.3, 0.4) is 0 Å². The number of aromatic nitrogens is 4. The van der Waals surface area contributed by atoms with Gasteiger partial charge in [0.1, 0.15) is 23.8 Å². The summed E-state index contributed by atoms with van der Waals surface area (Å²) < 4.78 is 0. The monoisotopic (exact) mass is 539 g/mol. The van der Waals surface area contributed by atoms with Crippen molar-refractivity contribution in [3.8, 4) is 0 Å². The molecule has 0 spiro atoms. The molecule has 4 aromatic rings. The van der Waals surface area contributed by atoms with Crippen molar-refractivity contribution >= 4 is 22.7 Å². The van der Waals surface area contributed by atoms with E-state index in [1.165, 1.54) is 24.0 Å². The SMILES string of the molecule is CC1(C)CCN(Cc2ccc3nc(C[C@]4(O)CCCN(c5cc(NCc6ccccc6)ncn5)C4)[nH]c3c2)CC1. The highest BCUT2D eigenvalue weighted by Crippen LogP contribution is 2.31. The lowest BCUT2D eigenvalue weighted by Crippen LogP contribution is -2.50. The van der Waals surface area contributed by atoms with E-state index in [0.29, 0.717) is 24.9 Å². The Kier molecular flexibility index (Phi) is 7.47. The summed E-state index contributed by atoms with van der Waals surface area (Å²) in [5, 5.41) is 15.0. The Morgan fingerprint density at radius 2 is 1.77 bits per heavy atom. The molecule has 0 unspecified atom stereocenters. The number of hydrogen-bond acceptors (Lipinski definition) is 7. The Hall–Kier alpha value is -3.49. The second-order valence-electron chi connectivity index (χ2n) is 12.5. The molecule has 3 N–H and O–H groups in total. The third-order valence-electron chi connectivity index (χ3n) is 8.56. The summed E-state index contributed by atoms with van der Waals surface area (Å²) in [6.45, 7) is 10.1. The number of H-pyrrole nitrogens is 1. The highest BCUT2D eigenvalue weighted by molar-refractivity contribution is 5.76. The third-order valence-corrected chi connectivity index (χ3v) is 8.56. The fourth-order valence-corrected chi connectivity index (χ4v) is 6.04. The van der Waals surface area contributed by atoms with Crippen LogP contribution in [0.1, 0.15) is 56.5 Å². The molecule has 0 radical (unpaired) electrons. The number of fused-ring (bicyclic) bond motifs is 1. The fraction of sp³-hybridized carbons (Fsp3) is 0.469. The van der Waals surface area contributed by atoms with Crippen molar-refractivity contribution in [1.29, 1.82) is 0 Å². The summed E-state index contributed by atoms with van der Waals surface area (Å²) in [5.41, 5.74) is 4.10. The predicted molar refractivity (Wildman–Crippen MR) is 160 cm³/mol. The Bertz CT molecular complexity index is 1430. The van der Waals surface area contributed by atoms with Gasteiger partial charge in [0.25, 0.3) is 0 Å². The molecule has 6 rings (SSSR count). The lowest BCUT2D eigenvalue weighted by molar-refractivity contribution is 0.0245. The molecule has 0 bridgehead atoms. The second kappa shape index (κ2) is 11.2. The van der Waals surface area contributed by atoms with Gasteiger partial charge in [-0.25, -0.2) is 15.0 Å². The van der Waals surface area contributed by atoms with Crippen LogP contribution in [0.5, 0.6) is 0 Å². The number of likely N-dealkylation sites (tertiary alicyclic amines) is 1. The molecule has 2 aliphatic rings. The molecule has 0 aliphatic carbocycles. The van der Waals surface area contributed by atoms with E-state index in [2.05, 4.69) is 74.2 Å². The van der Waals surface area contributed by atoms with Gasteiger partial charge >= 0.3 is 0 Å². The van der Waals surface area contributed by atoms with Crippen molar-refractivity contribution in [3.63, 3.8) is 0 Å². The minimum absolute atomic E-state index is 0.461. The summed E-state index contributed by atoms with van der Waals surface area (Å²) in [6.07, 6.45) is 6.21. The lowest BCUT2D eigenvalue weighted by atomic mass is 9.82. The lowest BCUT2D eigenvalue weighted by Gasteiger charge is -2.39. The van der Waals surface area contributed by atoms with E-state index in [9.17, 15) is 5.11 Å². The average molecular weight is 540 g/mol. The van der Waals surface area contributed by atoms with Gasteiger partial charge in [0.05, 0.1) is 16.6 Å². The molecule has 1 atom stereocenters. The molecule has 0 amide bonds. The van der Waals surface area contributed by atoms with E-state index in [-0.39, 0.29) is 0 Å². The summed E-state index contributed by atoms with van der Waals surface area (Å²) in [6, 6.07) is 18.8. The number of hydrogen-bond donors (Lipinski definition) is 3. The summed E-state index contributed by atoms with van der Waals surface area (Å²) >= 11 is 0. The number of piperidine rings is 2. The van der Waals surface area contributed by atoms with Crippen LogP contribution in [-0.4, -0.2) is 61.7 Å². The second-order valence-corrected chi connectivity index (χ2v) is 12.5. The molecule has 210 valence electrons. The number of imidazole rings is 1. The fourth-order valence-electron chi connectivity index (χ4n) is 6.04. The molecule has 8 nitrogen and oxygen atoms in total. The van der Waals surface area contributed by atoms with Gasteiger partial charge < -0.3 is 20.3 Å². The van der Waals surface area contributed by atoms with Crippen LogP contribution < -0.4 is 10.2 Å². The van der Waals surface area contributed by atoms with Gasteiger partial charge in [-0.2, -0.15) is 0 Å². The van der Waals surface area contributed by atoms with Crippen molar-refractivity contribution < 1.29 is 5.11 Å². The Morgan fingerprint density at radius 1 is 0.950 bits per heavy atom. The summed E-state index contributed by atoms with van der Waals surface area (Å²) in [7, 11) is 0. The van der Waals surface area contributed by atoms with Gasteiger partial charge in [0.2, 0.25) is 0 Å². The van der Waals surface area contributed by atoms with Gasteiger partial charge in [-0.15, -0.1) is 0 Å². The zero-order valence-electron chi connectivity index (χ0n) is 23.7. The summed E-state index contributed by atoms with van der Waals surface area (Å²) in [4.78, 5) is 22.0. The zero-order valence-corrected chi connectivity index (χ0v) is 23.7. The quantitative estimate of drug-likeness (QED) is 0.285. The van der Waals surface area contributed by atoms with Gasteiger partial charge in [0, 0.05) is 38.7 Å². The molecule has 2 aromatic carbocycles. The van der Waals surface area contributed by atoms with Crippen molar-refractivity contribution in [2.75, 3.05) is 36.4 Å². The van der Waals surface area contributed by atoms with Gasteiger partial charge in [-0.1, -0.05) is 50.2 Å². The van der Waals surface area contributed by atoms with Crippen LogP contribution in [-0.2, 0) is 19.5 Å². The average Bonchev–Trinajstić information content (AvgIpc) is 3.34. The van der Waals surface area contributed by atoms with E-state index in [1.54, 1.807) is 6.33 Å². The van der Waals surface area contributed by atoms with E-state index < -0.39 is 5.60 Å². The normalized spacial score (nSPS) is 21.5. The first-order valence-electron chi connectivity index (χ1n) is 14.6. The number of aromatic amines is 1. The van der Waals surface area contributed by atoms with Crippen molar-refractivity contribution in [2.45, 2.75) is 64.6 Å². The molecular formula is C32H41N7O. The van der Waals surface area contributed by atoms with Crippen molar-refractivity contribution in [1.82, 2.24) is 24.8 Å². The number of β-amino-alcohol motifs (C(OH)–C–C–N with tert-alkyl or cyclic N) is 1. The number of aliphatic hydroxyl groups is 1. The predicted octanol–water partition coefficient (Wildman–Crippen LogP) is 5.16. The Labute approximate surface area is 236 Å². The Morgan fingerprint density at radius 3 is 2.60 bits per heavy atom. The number of nitrogens with zero attached hydrogens (tertiary/aromatic N) is 5.